The van der Waals surface area contributed by atoms with Crippen molar-refractivity contribution >= 4 is 65.4 Å². The van der Waals surface area contributed by atoms with Crippen LogP contribution in [0.25, 0.3) is 128 Å². The van der Waals surface area contributed by atoms with Gasteiger partial charge in [0.15, 0.2) is 11.6 Å². The summed E-state index contributed by atoms with van der Waals surface area (Å²) in [5.74, 6) is 1.72. The summed E-state index contributed by atoms with van der Waals surface area (Å²) in [5, 5.41) is 6.87. The molecule has 4 heterocycles. The first-order chi connectivity index (χ1) is 34.3. The van der Waals surface area contributed by atoms with Crippen LogP contribution in [0.4, 0.5) is 0 Å². The van der Waals surface area contributed by atoms with E-state index in [4.69, 9.17) is 15.0 Å². The van der Waals surface area contributed by atoms with Gasteiger partial charge in [-0.05, 0) is 53.1 Å². The van der Waals surface area contributed by atoms with E-state index < -0.39 is 0 Å². The number of benzene rings is 10. The molecular formula is C63H40N6. The highest BCUT2D eigenvalue weighted by molar-refractivity contribution is 6.27. The minimum atomic E-state index is 0.533. The predicted molar refractivity (Wildman–Crippen MR) is 285 cm³/mol. The van der Waals surface area contributed by atoms with E-state index in [0.29, 0.717) is 17.6 Å². The number of fused-ring (bicyclic) bond motifs is 10. The average Bonchev–Trinajstić information content (AvgIpc) is 4.07. The van der Waals surface area contributed by atoms with E-state index in [1.807, 2.05) is 24.3 Å². The van der Waals surface area contributed by atoms with Crippen LogP contribution in [0.3, 0.4) is 0 Å². The Morgan fingerprint density at radius 2 is 0.681 bits per heavy atom. The maximum atomic E-state index is 5.52. The van der Waals surface area contributed by atoms with E-state index in [0.717, 1.165) is 99.4 Å². The SMILES string of the molecule is c1ccc(-c2ccc(-c3nc(-c4ccccc4)nc(-n4c5ccccc5c5c(-n6c7ccccc7c7ccccc76)cc6c7ccccc7n(-c7ccccc7-c7ccccc7)c6c54)n3)cc2)cc1. The third-order valence-corrected chi connectivity index (χ3v) is 13.7. The van der Waals surface area contributed by atoms with Crippen molar-refractivity contribution in [3.8, 4) is 62.4 Å². The molecule has 6 nitrogen and oxygen atoms in total. The smallest absolute Gasteiger partial charge is 0.238 e. The van der Waals surface area contributed by atoms with E-state index in [-0.39, 0.29) is 0 Å². The van der Waals surface area contributed by atoms with Gasteiger partial charge in [0, 0.05) is 49.0 Å². The first-order valence-corrected chi connectivity index (χ1v) is 23.4. The summed E-state index contributed by atoms with van der Waals surface area (Å²) in [5.41, 5.74) is 15.0. The van der Waals surface area contributed by atoms with Crippen molar-refractivity contribution in [1.29, 1.82) is 0 Å². The molecule has 14 aromatic rings. The molecule has 0 saturated heterocycles. The van der Waals surface area contributed by atoms with Gasteiger partial charge in [0.05, 0.1) is 44.5 Å². The zero-order valence-corrected chi connectivity index (χ0v) is 37.3. The Hall–Kier alpha value is -9.39. The standard InChI is InChI=1S/C63H40N6/c1-4-20-41(21-5-1)42-36-38-45(39-37-42)62-64-61(44-24-8-3-9-25-44)65-63(66-62)69-56-35-19-14-30-50(56)58-57(67-53-32-16-11-27-47(53)48-28-12-17-33-54(48)67)40-51-49-29-13-18-34-55(49)68(59(51)60(58)69)52-31-15-10-26-46(52)43-22-6-2-7-23-43/h1-40H. The van der Waals surface area contributed by atoms with Gasteiger partial charge in [-0.2, -0.15) is 9.97 Å². The minimum absolute atomic E-state index is 0.533. The fourth-order valence-electron chi connectivity index (χ4n) is 10.7. The van der Waals surface area contributed by atoms with Crippen LogP contribution in [0, 0.1) is 0 Å². The van der Waals surface area contributed by atoms with Gasteiger partial charge in [0.2, 0.25) is 5.95 Å². The molecule has 0 saturated carbocycles. The van der Waals surface area contributed by atoms with Crippen molar-refractivity contribution in [1.82, 2.24) is 28.7 Å². The molecule has 0 amide bonds. The first kappa shape index (κ1) is 38.8. The molecular weight excluding hydrogens is 841 g/mol. The topological polar surface area (TPSA) is 53.5 Å². The van der Waals surface area contributed by atoms with Crippen LogP contribution in [0.5, 0.6) is 0 Å². The third kappa shape index (κ3) is 6.09. The largest absolute Gasteiger partial charge is 0.309 e. The highest BCUT2D eigenvalue weighted by Crippen LogP contribution is 2.47. The molecule has 0 fully saturated rings. The van der Waals surface area contributed by atoms with Gasteiger partial charge < -0.3 is 9.13 Å². The maximum absolute atomic E-state index is 5.52. The summed E-state index contributed by atoms with van der Waals surface area (Å²) in [6.07, 6.45) is 0. The molecule has 14 rings (SSSR count). The lowest BCUT2D eigenvalue weighted by Gasteiger charge is -2.17. The lowest BCUT2D eigenvalue weighted by molar-refractivity contribution is 0.953. The van der Waals surface area contributed by atoms with Gasteiger partial charge in [-0.3, -0.25) is 4.57 Å². The van der Waals surface area contributed by atoms with Crippen LogP contribution in [0.2, 0.25) is 0 Å². The fraction of sp³-hybridized carbons (Fsp3) is 0. The zero-order chi connectivity index (χ0) is 45.4. The predicted octanol–water partition coefficient (Wildman–Crippen LogP) is 15.8. The molecule has 0 N–H and O–H groups in total. The second kappa shape index (κ2) is 15.6. The summed E-state index contributed by atoms with van der Waals surface area (Å²) < 4.78 is 7.25. The Morgan fingerprint density at radius 1 is 0.261 bits per heavy atom. The molecule has 0 unspecified atom stereocenters. The van der Waals surface area contributed by atoms with E-state index >= 15 is 0 Å². The Bertz CT molecular complexity index is 4230. The van der Waals surface area contributed by atoms with Crippen molar-refractivity contribution in [3.63, 3.8) is 0 Å². The van der Waals surface area contributed by atoms with Crippen LogP contribution in [0.15, 0.2) is 243 Å². The van der Waals surface area contributed by atoms with Crippen molar-refractivity contribution in [2.75, 3.05) is 0 Å². The first-order valence-electron chi connectivity index (χ1n) is 23.4. The Labute approximate surface area is 397 Å². The van der Waals surface area contributed by atoms with Gasteiger partial charge in [0.25, 0.3) is 0 Å². The lowest BCUT2D eigenvalue weighted by Crippen LogP contribution is -2.08. The molecule has 10 aromatic carbocycles. The molecule has 0 bridgehead atoms. The van der Waals surface area contributed by atoms with E-state index in [1.54, 1.807) is 0 Å². The van der Waals surface area contributed by atoms with Crippen LogP contribution in [0.1, 0.15) is 0 Å². The molecule has 69 heavy (non-hydrogen) atoms. The number of hydrogen-bond acceptors (Lipinski definition) is 3. The molecule has 0 aliphatic heterocycles. The molecule has 0 atom stereocenters. The van der Waals surface area contributed by atoms with Crippen LogP contribution in [-0.4, -0.2) is 28.7 Å². The molecule has 6 heteroatoms. The van der Waals surface area contributed by atoms with Gasteiger partial charge in [-0.1, -0.05) is 206 Å². The molecule has 0 spiro atoms. The van der Waals surface area contributed by atoms with E-state index in [2.05, 4.69) is 232 Å². The second-order valence-electron chi connectivity index (χ2n) is 17.6. The summed E-state index contributed by atoms with van der Waals surface area (Å²) in [6.45, 7) is 0. The molecule has 0 aliphatic rings. The number of hydrogen-bond donors (Lipinski definition) is 0. The van der Waals surface area contributed by atoms with E-state index in [1.165, 1.54) is 10.8 Å². The Balaban J connectivity index is 1.17. The number of aromatic nitrogens is 6. The zero-order valence-electron chi connectivity index (χ0n) is 37.3. The lowest BCUT2D eigenvalue weighted by atomic mass is 10.0. The quantitative estimate of drug-likeness (QED) is 0.160. The van der Waals surface area contributed by atoms with Crippen molar-refractivity contribution in [3.05, 3.63) is 243 Å². The minimum Gasteiger partial charge on any atom is -0.309 e. The summed E-state index contributed by atoms with van der Waals surface area (Å²) in [7, 11) is 0. The normalized spacial score (nSPS) is 11.8. The van der Waals surface area contributed by atoms with Gasteiger partial charge in [-0.25, -0.2) is 4.98 Å². The van der Waals surface area contributed by atoms with Crippen molar-refractivity contribution < 1.29 is 0 Å². The second-order valence-corrected chi connectivity index (χ2v) is 17.6. The molecule has 322 valence electrons. The Kier molecular flexibility index (Phi) is 8.79. The van der Waals surface area contributed by atoms with Gasteiger partial charge in [-0.15, -0.1) is 0 Å². The number of para-hydroxylation sites is 5. The van der Waals surface area contributed by atoms with Crippen LogP contribution < -0.4 is 0 Å². The van der Waals surface area contributed by atoms with Crippen molar-refractivity contribution in [2.24, 2.45) is 0 Å². The molecule has 0 aliphatic carbocycles. The van der Waals surface area contributed by atoms with Gasteiger partial charge in [0.1, 0.15) is 0 Å². The Morgan fingerprint density at radius 3 is 1.29 bits per heavy atom. The van der Waals surface area contributed by atoms with Crippen LogP contribution >= 0.6 is 0 Å². The number of nitrogens with zero attached hydrogens (tertiary/aromatic N) is 6. The van der Waals surface area contributed by atoms with Crippen LogP contribution in [-0.2, 0) is 0 Å². The average molecular weight is 881 g/mol. The highest BCUT2D eigenvalue weighted by atomic mass is 15.2. The maximum Gasteiger partial charge on any atom is 0.238 e. The highest BCUT2D eigenvalue weighted by Gasteiger charge is 2.28. The molecule has 0 radical (unpaired) electrons. The summed E-state index contributed by atoms with van der Waals surface area (Å²) >= 11 is 0. The van der Waals surface area contributed by atoms with E-state index in [9.17, 15) is 0 Å². The van der Waals surface area contributed by atoms with Gasteiger partial charge >= 0.3 is 0 Å². The summed E-state index contributed by atoms with van der Waals surface area (Å²) in [4.78, 5) is 16.2. The molecule has 4 aromatic heterocycles. The monoisotopic (exact) mass is 880 g/mol. The summed E-state index contributed by atoms with van der Waals surface area (Å²) in [6, 6.07) is 86.3. The number of rotatable bonds is 7. The third-order valence-electron chi connectivity index (χ3n) is 13.7. The van der Waals surface area contributed by atoms with Crippen molar-refractivity contribution in [2.45, 2.75) is 0 Å². The fourth-order valence-corrected chi connectivity index (χ4v) is 10.7.